The first-order valence-corrected chi connectivity index (χ1v) is 10.0. The molecular formula is C19H20F2N6O5. The molecule has 11 nitrogen and oxygen atoms in total. The molecule has 0 N–H and O–H groups in total. The SMILES string of the molecule is COC(=O)N1CCN(c2c(F)cc(N3C[C@]4(C[C@@H]4n4ccnn4)OC3=O)cc2F)CCO1. The first kappa shape index (κ1) is 20.4. The van der Waals surface area contributed by atoms with Gasteiger partial charge in [-0.1, -0.05) is 5.21 Å². The lowest BCUT2D eigenvalue weighted by atomic mass is 10.2. The predicted octanol–water partition coefficient (Wildman–Crippen LogP) is 1.72. The molecule has 0 unspecified atom stereocenters. The number of methoxy groups -OCH3 is 1. The quantitative estimate of drug-likeness (QED) is 0.697. The van der Waals surface area contributed by atoms with E-state index < -0.39 is 29.4 Å². The number of ether oxygens (including phenoxy) is 2. The van der Waals surface area contributed by atoms with Crippen LogP contribution in [-0.2, 0) is 14.3 Å². The van der Waals surface area contributed by atoms with Crippen LogP contribution >= 0.6 is 0 Å². The van der Waals surface area contributed by atoms with Gasteiger partial charge in [-0.3, -0.25) is 9.74 Å². The summed E-state index contributed by atoms with van der Waals surface area (Å²) in [6.45, 7) is 0.560. The van der Waals surface area contributed by atoms with Gasteiger partial charge < -0.3 is 14.4 Å². The van der Waals surface area contributed by atoms with Crippen molar-refractivity contribution in [1.29, 1.82) is 0 Å². The number of hydrogen-bond acceptors (Lipinski definition) is 8. The zero-order valence-electron chi connectivity index (χ0n) is 17.1. The highest BCUT2D eigenvalue weighted by Gasteiger charge is 2.65. The largest absolute Gasteiger partial charge is 0.451 e. The van der Waals surface area contributed by atoms with Gasteiger partial charge in [-0.2, -0.15) is 5.06 Å². The van der Waals surface area contributed by atoms with E-state index in [1.165, 1.54) is 23.1 Å². The van der Waals surface area contributed by atoms with E-state index >= 15 is 8.78 Å². The molecule has 3 fully saturated rings. The Balaban J connectivity index is 1.33. The van der Waals surface area contributed by atoms with Gasteiger partial charge in [0.1, 0.15) is 5.69 Å². The maximum absolute atomic E-state index is 15.0. The van der Waals surface area contributed by atoms with Crippen LogP contribution in [-0.4, -0.2) is 77.7 Å². The summed E-state index contributed by atoms with van der Waals surface area (Å²) in [5, 5.41) is 8.69. The highest BCUT2D eigenvalue weighted by atomic mass is 19.1. The minimum absolute atomic E-state index is 0.0420. The highest BCUT2D eigenvalue weighted by molar-refractivity contribution is 5.91. The van der Waals surface area contributed by atoms with Crippen molar-refractivity contribution < 1.29 is 32.7 Å². The molecule has 2 amide bonds. The second kappa shape index (κ2) is 7.58. The molecule has 1 aromatic carbocycles. The third-order valence-electron chi connectivity index (χ3n) is 5.87. The lowest BCUT2D eigenvalue weighted by Crippen LogP contribution is -2.34. The molecule has 1 spiro atoms. The van der Waals surface area contributed by atoms with Crippen LogP contribution in [0.5, 0.6) is 0 Å². The highest BCUT2D eigenvalue weighted by Crippen LogP contribution is 2.54. The Kier molecular flexibility index (Phi) is 4.84. The molecule has 5 rings (SSSR count). The van der Waals surface area contributed by atoms with Crippen LogP contribution in [0.3, 0.4) is 0 Å². The lowest BCUT2D eigenvalue weighted by Gasteiger charge is -2.24. The summed E-state index contributed by atoms with van der Waals surface area (Å²) in [5.41, 5.74) is -0.967. The molecule has 13 heteroatoms. The summed E-state index contributed by atoms with van der Waals surface area (Å²) in [5.74, 6) is -1.66. The second-order valence-electron chi connectivity index (χ2n) is 7.77. The van der Waals surface area contributed by atoms with Gasteiger partial charge in [-0.15, -0.1) is 5.10 Å². The fourth-order valence-electron chi connectivity index (χ4n) is 4.18. The number of benzene rings is 1. The normalized spacial score (nSPS) is 25.2. The topological polar surface area (TPSA) is 102 Å². The predicted molar refractivity (Wildman–Crippen MR) is 104 cm³/mol. The molecule has 170 valence electrons. The number of amides is 2. The molecule has 2 aliphatic heterocycles. The van der Waals surface area contributed by atoms with Crippen LogP contribution in [0.25, 0.3) is 0 Å². The van der Waals surface area contributed by atoms with Crippen molar-refractivity contribution >= 4 is 23.6 Å². The molecule has 0 radical (unpaired) electrons. The number of rotatable bonds is 3. The zero-order chi connectivity index (χ0) is 22.5. The van der Waals surface area contributed by atoms with Crippen molar-refractivity contribution in [2.45, 2.75) is 18.1 Å². The maximum Gasteiger partial charge on any atom is 0.433 e. The minimum Gasteiger partial charge on any atom is -0.451 e. The number of anilines is 2. The summed E-state index contributed by atoms with van der Waals surface area (Å²) in [6, 6.07) is 2.05. The fraction of sp³-hybridized carbons (Fsp3) is 0.474. The average molecular weight is 450 g/mol. The number of halogens is 2. The average Bonchev–Trinajstić information content (AvgIpc) is 3.09. The van der Waals surface area contributed by atoms with E-state index in [9.17, 15) is 9.59 Å². The van der Waals surface area contributed by atoms with Gasteiger partial charge in [0.05, 0.1) is 44.7 Å². The maximum atomic E-state index is 15.0. The number of aromatic nitrogens is 3. The standard InChI is InChI=1S/C19H20F2N6O5/c1-30-18(29)27-5-4-24(6-7-31-27)16-13(20)8-12(9-14(16)21)25-11-19(32-17(25)28)10-15(19)26-3-2-22-23-26/h2-3,8-9,15H,4-7,10-11H2,1H3/t15-,19-/m0/s1. The zero-order valence-corrected chi connectivity index (χ0v) is 17.1. The molecule has 2 saturated heterocycles. The minimum atomic E-state index is -0.830. The smallest absolute Gasteiger partial charge is 0.433 e. The third kappa shape index (κ3) is 3.38. The Morgan fingerprint density at radius 2 is 2.03 bits per heavy atom. The molecule has 0 bridgehead atoms. The number of hydrogen-bond donors (Lipinski definition) is 0. The fourth-order valence-corrected chi connectivity index (χ4v) is 4.18. The molecule has 2 aromatic rings. The molecule has 1 aromatic heterocycles. The van der Waals surface area contributed by atoms with E-state index in [-0.39, 0.29) is 50.2 Å². The molecular weight excluding hydrogens is 430 g/mol. The van der Waals surface area contributed by atoms with Crippen LogP contribution in [0.15, 0.2) is 24.5 Å². The lowest BCUT2D eigenvalue weighted by molar-refractivity contribution is -0.122. The van der Waals surface area contributed by atoms with E-state index in [0.29, 0.717) is 6.42 Å². The van der Waals surface area contributed by atoms with Crippen molar-refractivity contribution in [2.75, 3.05) is 49.7 Å². The third-order valence-corrected chi connectivity index (χ3v) is 5.87. The molecule has 32 heavy (non-hydrogen) atoms. The van der Waals surface area contributed by atoms with E-state index in [2.05, 4.69) is 15.0 Å². The Bertz CT molecular complexity index is 1030. The van der Waals surface area contributed by atoms with Gasteiger partial charge >= 0.3 is 12.2 Å². The van der Waals surface area contributed by atoms with Crippen molar-refractivity contribution in [3.05, 3.63) is 36.2 Å². The van der Waals surface area contributed by atoms with E-state index in [1.54, 1.807) is 10.9 Å². The molecule has 3 aliphatic rings. The van der Waals surface area contributed by atoms with Gasteiger partial charge in [-0.25, -0.2) is 23.1 Å². The van der Waals surface area contributed by atoms with E-state index in [1.807, 2.05) is 0 Å². The molecule has 2 atom stereocenters. The van der Waals surface area contributed by atoms with Crippen molar-refractivity contribution in [1.82, 2.24) is 20.1 Å². The molecule has 1 saturated carbocycles. The number of carbonyl (C=O) groups is 2. The van der Waals surface area contributed by atoms with Gasteiger partial charge in [0.2, 0.25) is 0 Å². The number of hydroxylamine groups is 2. The van der Waals surface area contributed by atoms with Crippen LogP contribution in [0, 0.1) is 11.6 Å². The summed E-state index contributed by atoms with van der Waals surface area (Å²) < 4.78 is 41.8. The van der Waals surface area contributed by atoms with Crippen molar-refractivity contribution in [3.63, 3.8) is 0 Å². The van der Waals surface area contributed by atoms with E-state index in [0.717, 1.165) is 17.2 Å². The summed E-state index contributed by atoms with van der Waals surface area (Å²) in [4.78, 5) is 32.0. The monoisotopic (exact) mass is 450 g/mol. The van der Waals surface area contributed by atoms with Gasteiger partial charge in [-0.05, 0) is 0 Å². The van der Waals surface area contributed by atoms with Crippen LogP contribution in [0.4, 0.5) is 29.7 Å². The first-order valence-electron chi connectivity index (χ1n) is 10.0. The Hall–Kier alpha value is -3.48. The van der Waals surface area contributed by atoms with E-state index in [4.69, 9.17) is 9.57 Å². The van der Waals surface area contributed by atoms with Gasteiger partial charge in [0.15, 0.2) is 17.2 Å². The van der Waals surface area contributed by atoms with Gasteiger partial charge in [0, 0.05) is 37.8 Å². The summed E-state index contributed by atoms with van der Waals surface area (Å²) >= 11 is 0. The number of carbonyl (C=O) groups excluding carboxylic acids is 2. The summed E-state index contributed by atoms with van der Waals surface area (Å²) in [6.07, 6.45) is 2.40. The van der Waals surface area contributed by atoms with Crippen molar-refractivity contribution in [2.24, 2.45) is 0 Å². The Morgan fingerprint density at radius 1 is 1.25 bits per heavy atom. The molecule has 1 aliphatic carbocycles. The Labute approximate surface area is 181 Å². The van der Waals surface area contributed by atoms with Crippen LogP contribution < -0.4 is 9.80 Å². The Morgan fingerprint density at radius 3 is 2.72 bits per heavy atom. The van der Waals surface area contributed by atoms with Crippen molar-refractivity contribution in [3.8, 4) is 0 Å². The number of nitrogens with zero attached hydrogens (tertiary/aromatic N) is 6. The van der Waals surface area contributed by atoms with Crippen LogP contribution in [0.2, 0.25) is 0 Å². The van der Waals surface area contributed by atoms with Crippen LogP contribution in [0.1, 0.15) is 12.5 Å². The second-order valence-corrected chi connectivity index (χ2v) is 7.77. The first-order chi connectivity index (χ1) is 15.4. The molecule has 3 heterocycles. The van der Waals surface area contributed by atoms with Gasteiger partial charge in [0.25, 0.3) is 0 Å². The summed E-state index contributed by atoms with van der Waals surface area (Å²) in [7, 11) is 1.22.